The van der Waals surface area contributed by atoms with E-state index in [-0.39, 0.29) is 17.0 Å². The largest absolute Gasteiger partial charge is 0.477 e. The zero-order valence-electron chi connectivity index (χ0n) is 12.9. The van der Waals surface area contributed by atoms with Crippen molar-refractivity contribution in [3.63, 3.8) is 0 Å². The van der Waals surface area contributed by atoms with Gasteiger partial charge in [-0.3, -0.25) is 19.2 Å². The molecule has 0 aliphatic carbocycles. The molecule has 0 bridgehead atoms. The number of hydrogen-bond donors (Lipinski definition) is 2. The minimum Gasteiger partial charge on any atom is -0.477 e. The van der Waals surface area contributed by atoms with E-state index in [2.05, 4.69) is 10.4 Å². The topological polar surface area (TPSA) is 105 Å². The van der Waals surface area contributed by atoms with Crippen LogP contribution < -0.4 is 5.32 Å². The van der Waals surface area contributed by atoms with Crippen LogP contribution >= 0.6 is 11.8 Å². The van der Waals surface area contributed by atoms with Gasteiger partial charge in [0, 0.05) is 19.0 Å². The van der Waals surface area contributed by atoms with E-state index in [4.69, 9.17) is 0 Å². The fourth-order valence-corrected chi connectivity index (χ4v) is 4.11. The Balaban J connectivity index is 1.78. The van der Waals surface area contributed by atoms with E-state index in [1.165, 1.54) is 21.3 Å². The molecule has 1 aromatic rings. The van der Waals surface area contributed by atoms with Crippen molar-refractivity contribution < 1.29 is 19.5 Å². The molecule has 2 amide bonds. The van der Waals surface area contributed by atoms with Crippen LogP contribution in [0.5, 0.6) is 0 Å². The third-order valence-corrected chi connectivity index (χ3v) is 5.33. The highest BCUT2D eigenvalue weighted by Crippen LogP contribution is 2.40. The highest BCUT2D eigenvalue weighted by molar-refractivity contribution is 8.00. The van der Waals surface area contributed by atoms with Gasteiger partial charge in [0.15, 0.2) is 0 Å². The summed E-state index contributed by atoms with van der Waals surface area (Å²) in [5.74, 6) is -1.37. The lowest BCUT2D eigenvalue weighted by atomic mass is 10.0. The van der Waals surface area contributed by atoms with E-state index in [1.807, 2.05) is 0 Å². The predicted molar refractivity (Wildman–Crippen MR) is 82.6 cm³/mol. The number of aromatic nitrogens is 2. The summed E-state index contributed by atoms with van der Waals surface area (Å²) in [6.45, 7) is 3.42. The molecule has 1 saturated heterocycles. The maximum Gasteiger partial charge on any atom is 0.352 e. The summed E-state index contributed by atoms with van der Waals surface area (Å²) in [6, 6.07) is -0.713. The number of aliphatic carboxylic acids is 1. The number of carboxylic acid groups (broad SMARTS) is 1. The number of nitrogens with zero attached hydrogens (tertiary/aromatic N) is 3. The summed E-state index contributed by atoms with van der Waals surface area (Å²) in [6.07, 6.45) is 1.59. The average molecular weight is 336 g/mol. The van der Waals surface area contributed by atoms with Gasteiger partial charge in [0.25, 0.3) is 11.8 Å². The summed E-state index contributed by atoms with van der Waals surface area (Å²) >= 11 is 1.45. The fraction of sp³-hybridized carbons (Fsp3) is 0.429. The van der Waals surface area contributed by atoms with E-state index in [1.54, 1.807) is 27.1 Å². The van der Waals surface area contributed by atoms with Gasteiger partial charge in [0.1, 0.15) is 17.1 Å². The smallest absolute Gasteiger partial charge is 0.352 e. The van der Waals surface area contributed by atoms with Gasteiger partial charge in [0.2, 0.25) is 0 Å². The zero-order valence-corrected chi connectivity index (χ0v) is 13.7. The van der Waals surface area contributed by atoms with Crippen LogP contribution in [0.15, 0.2) is 17.5 Å². The predicted octanol–water partition coefficient (Wildman–Crippen LogP) is 0.101. The first-order valence-corrected chi connectivity index (χ1v) is 8.05. The van der Waals surface area contributed by atoms with E-state index in [0.29, 0.717) is 22.6 Å². The van der Waals surface area contributed by atoms with Crippen molar-refractivity contribution in [2.45, 2.75) is 25.3 Å². The fourth-order valence-electron chi connectivity index (χ4n) is 2.82. The quantitative estimate of drug-likeness (QED) is 0.759. The third kappa shape index (κ3) is 2.40. The molecule has 3 heterocycles. The van der Waals surface area contributed by atoms with Crippen molar-refractivity contribution in [1.29, 1.82) is 0 Å². The monoisotopic (exact) mass is 336 g/mol. The molecule has 1 fully saturated rings. The Hall–Kier alpha value is -2.29. The van der Waals surface area contributed by atoms with Crippen LogP contribution in [0, 0.1) is 6.92 Å². The summed E-state index contributed by atoms with van der Waals surface area (Å²) in [7, 11) is 1.71. The lowest BCUT2D eigenvalue weighted by molar-refractivity contribution is -0.148. The molecule has 0 saturated carbocycles. The van der Waals surface area contributed by atoms with Crippen LogP contribution in [0.25, 0.3) is 0 Å². The van der Waals surface area contributed by atoms with Crippen molar-refractivity contribution in [3.8, 4) is 0 Å². The molecule has 0 spiro atoms. The number of nitrogens with one attached hydrogen (secondary N) is 1. The van der Waals surface area contributed by atoms with Crippen molar-refractivity contribution in [3.05, 3.63) is 28.7 Å². The molecule has 2 aliphatic rings. The molecular weight excluding hydrogens is 320 g/mol. The normalized spacial score (nSPS) is 23.4. The lowest BCUT2D eigenvalue weighted by Gasteiger charge is -2.49. The first kappa shape index (κ1) is 15.6. The molecule has 2 aliphatic heterocycles. The van der Waals surface area contributed by atoms with Gasteiger partial charge in [-0.05, 0) is 19.4 Å². The Morgan fingerprint density at radius 1 is 1.43 bits per heavy atom. The molecule has 1 aromatic heterocycles. The van der Waals surface area contributed by atoms with Crippen molar-refractivity contribution in [2.24, 2.45) is 7.05 Å². The minimum atomic E-state index is -1.12. The Morgan fingerprint density at radius 3 is 2.70 bits per heavy atom. The molecule has 0 unspecified atom stereocenters. The second-order valence-corrected chi connectivity index (χ2v) is 6.70. The zero-order chi connectivity index (χ0) is 16.9. The van der Waals surface area contributed by atoms with Crippen LogP contribution in [-0.2, 0) is 16.6 Å². The summed E-state index contributed by atoms with van der Waals surface area (Å²) in [5.41, 5.74) is 1.67. The molecule has 8 nitrogen and oxygen atoms in total. The van der Waals surface area contributed by atoms with Crippen LogP contribution in [0.3, 0.4) is 0 Å². The Kier molecular flexibility index (Phi) is 3.67. The van der Waals surface area contributed by atoms with E-state index in [0.717, 1.165) is 0 Å². The maximum atomic E-state index is 12.3. The maximum absolute atomic E-state index is 12.3. The number of β-lactam (4-membered cyclic amide) rings is 1. The summed E-state index contributed by atoms with van der Waals surface area (Å²) in [5, 5.41) is 15.7. The summed E-state index contributed by atoms with van der Waals surface area (Å²) in [4.78, 5) is 37.2. The number of carbonyl (C=O) groups excluding carboxylic acids is 2. The summed E-state index contributed by atoms with van der Waals surface area (Å²) < 4.78 is 1.53. The van der Waals surface area contributed by atoms with Crippen LogP contribution in [0.1, 0.15) is 23.0 Å². The van der Waals surface area contributed by atoms with Crippen LogP contribution in [0.2, 0.25) is 0 Å². The SMILES string of the molecule is CC1=C(C(=O)O)N2C(=O)[C@H](NC(=O)c3cn(C)nc3C)[C@@H]2SC1. The number of hydrogen-bond acceptors (Lipinski definition) is 5. The Labute approximate surface area is 136 Å². The van der Waals surface area contributed by atoms with Gasteiger partial charge in [-0.2, -0.15) is 5.10 Å². The Bertz CT molecular complexity index is 754. The Morgan fingerprint density at radius 2 is 2.13 bits per heavy atom. The van der Waals surface area contributed by atoms with Gasteiger partial charge in [-0.15, -0.1) is 11.8 Å². The van der Waals surface area contributed by atoms with Crippen molar-refractivity contribution >= 4 is 29.5 Å². The van der Waals surface area contributed by atoms with E-state index < -0.39 is 17.9 Å². The third-order valence-electron chi connectivity index (χ3n) is 3.91. The van der Waals surface area contributed by atoms with Gasteiger partial charge >= 0.3 is 5.97 Å². The highest BCUT2D eigenvalue weighted by Gasteiger charge is 2.53. The highest BCUT2D eigenvalue weighted by atomic mass is 32.2. The first-order valence-electron chi connectivity index (χ1n) is 7.00. The molecule has 122 valence electrons. The number of carbonyl (C=O) groups is 3. The molecular formula is C14H16N4O4S. The van der Waals surface area contributed by atoms with Gasteiger partial charge in [-0.25, -0.2) is 4.79 Å². The molecule has 2 N–H and O–H groups in total. The number of thioether (sulfide) groups is 1. The van der Waals surface area contributed by atoms with Gasteiger partial charge in [-0.1, -0.05) is 0 Å². The number of aryl methyl sites for hydroxylation is 2. The van der Waals surface area contributed by atoms with E-state index in [9.17, 15) is 19.5 Å². The number of carboxylic acids is 1. The van der Waals surface area contributed by atoms with Crippen molar-refractivity contribution in [2.75, 3.05) is 5.75 Å². The average Bonchev–Trinajstić information content (AvgIpc) is 2.82. The lowest BCUT2D eigenvalue weighted by Crippen LogP contribution is -2.70. The molecule has 3 rings (SSSR count). The van der Waals surface area contributed by atoms with Crippen LogP contribution in [-0.4, -0.2) is 54.7 Å². The number of fused-ring (bicyclic) bond motifs is 1. The van der Waals surface area contributed by atoms with Crippen molar-refractivity contribution in [1.82, 2.24) is 20.0 Å². The standard InChI is InChI=1S/C14H16N4O4S/c1-6-5-23-13-9(12(20)18(13)10(6)14(21)22)15-11(19)8-4-17(3)16-7(8)2/h4,9,13H,5H2,1-3H3,(H,15,19)(H,21,22)/t9-,13-/m0/s1. The minimum absolute atomic E-state index is 0.0295. The second kappa shape index (κ2) is 5.41. The first-order chi connectivity index (χ1) is 10.8. The number of amides is 2. The second-order valence-electron chi connectivity index (χ2n) is 5.60. The van der Waals surface area contributed by atoms with E-state index >= 15 is 0 Å². The molecule has 23 heavy (non-hydrogen) atoms. The molecule has 2 atom stereocenters. The molecule has 0 aromatic carbocycles. The van der Waals surface area contributed by atoms with Gasteiger partial charge in [0.05, 0.1) is 11.3 Å². The van der Waals surface area contributed by atoms with Gasteiger partial charge < -0.3 is 10.4 Å². The number of rotatable bonds is 3. The van der Waals surface area contributed by atoms with Crippen LogP contribution in [0.4, 0.5) is 0 Å². The molecule has 0 radical (unpaired) electrons. The molecule has 9 heteroatoms.